The van der Waals surface area contributed by atoms with Crippen LogP contribution in [0, 0.1) is 11.8 Å². The topological polar surface area (TPSA) is 91.3 Å². The monoisotopic (exact) mass is 383 g/mol. The SMILES string of the molecule is CNC(=O)C(CCC=O)c1cnc2ccc(C3(O)C(C)CNCC3C)cc2c1. The summed E-state index contributed by atoms with van der Waals surface area (Å²) in [5.41, 5.74) is 1.57. The number of hydrogen-bond donors (Lipinski definition) is 3. The van der Waals surface area contributed by atoms with Crippen LogP contribution >= 0.6 is 0 Å². The number of aliphatic hydroxyl groups is 1. The third-order valence-corrected chi connectivity index (χ3v) is 6.11. The fourth-order valence-electron chi connectivity index (χ4n) is 4.33. The van der Waals surface area contributed by atoms with Crippen molar-refractivity contribution in [3.8, 4) is 0 Å². The number of nitrogens with one attached hydrogen (secondary N) is 2. The average Bonchev–Trinajstić information content (AvgIpc) is 2.71. The van der Waals surface area contributed by atoms with Crippen LogP contribution in [0.1, 0.15) is 43.7 Å². The molecule has 1 aliphatic rings. The molecule has 3 N–H and O–H groups in total. The fourth-order valence-corrected chi connectivity index (χ4v) is 4.33. The van der Waals surface area contributed by atoms with Gasteiger partial charge in [0.15, 0.2) is 0 Å². The zero-order valence-corrected chi connectivity index (χ0v) is 16.7. The summed E-state index contributed by atoms with van der Waals surface area (Å²) in [5, 5.41) is 18.4. The van der Waals surface area contributed by atoms with Crippen molar-refractivity contribution in [2.75, 3.05) is 20.1 Å². The lowest BCUT2D eigenvalue weighted by molar-refractivity contribution is -0.122. The van der Waals surface area contributed by atoms with Crippen LogP contribution in [0.5, 0.6) is 0 Å². The lowest BCUT2D eigenvalue weighted by atomic mass is 9.71. The van der Waals surface area contributed by atoms with Crippen molar-refractivity contribution in [2.45, 2.75) is 38.2 Å². The first-order chi connectivity index (χ1) is 13.4. The standard InChI is InChI=1S/C22H29N3O3/c1-14-11-24-12-15(2)22(14,28)18-6-7-20-16(10-18)9-17(13-25-20)19(5-4-8-26)21(27)23-3/h6-10,13-15,19,24,28H,4-5,11-12H2,1-3H3,(H,23,27). The molecule has 0 spiro atoms. The molecule has 150 valence electrons. The maximum Gasteiger partial charge on any atom is 0.227 e. The molecule has 1 saturated heterocycles. The Hall–Kier alpha value is -2.31. The molecular weight excluding hydrogens is 354 g/mol. The number of fused-ring (bicyclic) bond motifs is 1. The van der Waals surface area contributed by atoms with Crippen LogP contribution in [-0.2, 0) is 15.2 Å². The van der Waals surface area contributed by atoms with Crippen LogP contribution in [0.4, 0.5) is 0 Å². The van der Waals surface area contributed by atoms with Gasteiger partial charge in [-0.3, -0.25) is 9.78 Å². The molecule has 1 aliphatic heterocycles. The number of amides is 1. The molecule has 1 aromatic heterocycles. The molecule has 0 saturated carbocycles. The summed E-state index contributed by atoms with van der Waals surface area (Å²) in [5.74, 6) is -0.388. The molecule has 1 fully saturated rings. The summed E-state index contributed by atoms with van der Waals surface area (Å²) in [6.07, 6.45) is 3.30. The van der Waals surface area contributed by atoms with Crippen molar-refractivity contribution in [3.05, 3.63) is 41.6 Å². The maximum atomic E-state index is 12.3. The normalized spacial score (nSPS) is 26.0. The van der Waals surface area contributed by atoms with Gasteiger partial charge in [0.2, 0.25) is 5.91 Å². The van der Waals surface area contributed by atoms with Gasteiger partial charge in [0, 0.05) is 50.0 Å². The van der Waals surface area contributed by atoms with E-state index in [1.165, 1.54) is 0 Å². The molecule has 2 heterocycles. The highest BCUT2D eigenvalue weighted by molar-refractivity contribution is 5.86. The number of carbonyl (C=O) groups is 2. The van der Waals surface area contributed by atoms with Gasteiger partial charge in [-0.05, 0) is 35.7 Å². The van der Waals surface area contributed by atoms with Crippen LogP contribution in [-0.4, -0.2) is 42.4 Å². The first-order valence-electron chi connectivity index (χ1n) is 9.90. The molecule has 6 heteroatoms. The van der Waals surface area contributed by atoms with Gasteiger partial charge in [0.25, 0.3) is 0 Å². The lowest BCUT2D eigenvalue weighted by Crippen LogP contribution is -2.52. The summed E-state index contributed by atoms with van der Waals surface area (Å²) in [7, 11) is 1.60. The molecule has 2 aromatic rings. The predicted octanol–water partition coefficient (Wildman–Crippen LogP) is 2.11. The summed E-state index contributed by atoms with van der Waals surface area (Å²) in [4.78, 5) is 27.6. The molecule has 0 aliphatic carbocycles. The van der Waals surface area contributed by atoms with E-state index < -0.39 is 11.5 Å². The van der Waals surface area contributed by atoms with Gasteiger partial charge in [-0.15, -0.1) is 0 Å². The lowest BCUT2D eigenvalue weighted by Gasteiger charge is -2.44. The van der Waals surface area contributed by atoms with Crippen molar-refractivity contribution in [2.24, 2.45) is 11.8 Å². The minimum absolute atomic E-state index is 0.0797. The molecule has 28 heavy (non-hydrogen) atoms. The molecule has 0 radical (unpaired) electrons. The Morgan fingerprint density at radius 3 is 2.71 bits per heavy atom. The number of carbonyl (C=O) groups excluding carboxylic acids is 2. The van der Waals surface area contributed by atoms with E-state index in [1.807, 2.05) is 24.3 Å². The Morgan fingerprint density at radius 1 is 1.36 bits per heavy atom. The number of nitrogens with zero attached hydrogens (tertiary/aromatic N) is 1. The number of aldehydes is 1. The van der Waals surface area contributed by atoms with Gasteiger partial charge in [-0.2, -0.15) is 0 Å². The van der Waals surface area contributed by atoms with Crippen LogP contribution in [0.2, 0.25) is 0 Å². The van der Waals surface area contributed by atoms with E-state index in [0.717, 1.165) is 41.4 Å². The zero-order valence-electron chi connectivity index (χ0n) is 16.7. The van der Waals surface area contributed by atoms with Crippen LogP contribution < -0.4 is 10.6 Å². The highest BCUT2D eigenvalue weighted by atomic mass is 16.3. The molecule has 0 bridgehead atoms. The van der Waals surface area contributed by atoms with E-state index in [-0.39, 0.29) is 17.7 Å². The van der Waals surface area contributed by atoms with Crippen molar-refractivity contribution in [3.63, 3.8) is 0 Å². The maximum absolute atomic E-state index is 12.3. The first kappa shape index (κ1) is 20.4. The smallest absolute Gasteiger partial charge is 0.227 e. The van der Waals surface area contributed by atoms with Crippen molar-refractivity contribution >= 4 is 23.1 Å². The molecular formula is C22H29N3O3. The number of likely N-dealkylation sites (N-methyl/N-ethyl adjacent to an activating group) is 1. The fraction of sp³-hybridized carbons (Fsp3) is 0.500. The molecule has 3 rings (SSSR count). The second-order valence-corrected chi connectivity index (χ2v) is 7.87. The number of rotatable bonds is 6. The Labute approximate surface area is 165 Å². The molecule has 1 amide bonds. The van der Waals surface area contributed by atoms with Gasteiger partial charge < -0.3 is 20.5 Å². The molecule has 6 nitrogen and oxygen atoms in total. The molecule has 3 unspecified atom stereocenters. The molecule has 1 aromatic carbocycles. The summed E-state index contributed by atoms with van der Waals surface area (Å²) in [6, 6.07) is 7.82. The zero-order chi connectivity index (χ0) is 20.3. The van der Waals surface area contributed by atoms with E-state index in [9.17, 15) is 14.7 Å². The van der Waals surface area contributed by atoms with Crippen molar-refractivity contribution in [1.29, 1.82) is 0 Å². The van der Waals surface area contributed by atoms with Gasteiger partial charge >= 0.3 is 0 Å². The summed E-state index contributed by atoms with van der Waals surface area (Å²) in [6.45, 7) is 5.65. The third-order valence-electron chi connectivity index (χ3n) is 6.11. The Morgan fingerprint density at radius 2 is 2.07 bits per heavy atom. The largest absolute Gasteiger partial charge is 0.385 e. The number of pyridine rings is 1. The van der Waals surface area contributed by atoms with Gasteiger partial charge in [-0.25, -0.2) is 0 Å². The highest BCUT2D eigenvalue weighted by Crippen LogP contribution is 2.40. The van der Waals surface area contributed by atoms with Gasteiger partial charge in [0.05, 0.1) is 17.0 Å². The van der Waals surface area contributed by atoms with Gasteiger partial charge in [-0.1, -0.05) is 19.9 Å². The highest BCUT2D eigenvalue weighted by Gasteiger charge is 2.43. The first-order valence-corrected chi connectivity index (χ1v) is 9.90. The van der Waals surface area contributed by atoms with Crippen LogP contribution in [0.3, 0.4) is 0 Å². The quantitative estimate of drug-likeness (QED) is 0.665. The number of hydrogen-bond acceptors (Lipinski definition) is 5. The van der Waals surface area contributed by atoms with E-state index in [1.54, 1.807) is 13.2 Å². The molecule has 3 atom stereocenters. The predicted molar refractivity (Wildman–Crippen MR) is 109 cm³/mol. The van der Waals surface area contributed by atoms with E-state index in [4.69, 9.17) is 0 Å². The number of piperidine rings is 1. The summed E-state index contributed by atoms with van der Waals surface area (Å²) < 4.78 is 0. The van der Waals surface area contributed by atoms with E-state index in [0.29, 0.717) is 12.8 Å². The second kappa shape index (κ2) is 8.37. The van der Waals surface area contributed by atoms with E-state index >= 15 is 0 Å². The Kier molecular flexibility index (Phi) is 6.10. The van der Waals surface area contributed by atoms with Gasteiger partial charge in [0.1, 0.15) is 6.29 Å². The minimum Gasteiger partial charge on any atom is -0.385 e. The number of aromatic nitrogens is 1. The van der Waals surface area contributed by atoms with E-state index in [2.05, 4.69) is 29.5 Å². The Bertz CT molecular complexity index is 857. The number of benzene rings is 1. The Balaban J connectivity index is 2.03. The average molecular weight is 383 g/mol. The third kappa shape index (κ3) is 3.66. The minimum atomic E-state index is -0.910. The van der Waals surface area contributed by atoms with Crippen LogP contribution in [0.15, 0.2) is 30.5 Å². The van der Waals surface area contributed by atoms with Crippen molar-refractivity contribution in [1.82, 2.24) is 15.6 Å². The second-order valence-electron chi connectivity index (χ2n) is 7.87. The van der Waals surface area contributed by atoms with Crippen LogP contribution in [0.25, 0.3) is 10.9 Å². The van der Waals surface area contributed by atoms with Crippen molar-refractivity contribution < 1.29 is 14.7 Å². The summed E-state index contributed by atoms with van der Waals surface area (Å²) >= 11 is 0.